The van der Waals surface area contributed by atoms with Crippen molar-refractivity contribution in [3.63, 3.8) is 0 Å². The molecule has 3 aromatic rings. The summed E-state index contributed by atoms with van der Waals surface area (Å²) in [6, 6.07) is 10.9. The molecule has 0 radical (unpaired) electrons. The molecular weight excluding hydrogens is 336 g/mol. The molecule has 0 saturated carbocycles. The second kappa shape index (κ2) is 7.85. The molecule has 0 aliphatic carbocycles. The molecule has 0 saturated heterocycles. The molecule has 1 N–H and O–H groups in total. The summed E-state index contributed by atoms with van der Waals surface area (Å²) in [6.07, 6.45) is 0.747. The van der Waals surface area contributed by atoms with Crippen LogP contribution < -0.4 is 5.32 Å². The predicted molar refractivity (Wildman–Crippen MR) is 103 cm³/mol. The standard InChI is InChI=1S/C19H24N4O.ClH/c1-12-7-6-8-16(9-12)23-14(3)11-17(15(23)4)19-21-18(22-24-19)10-13(2)20-5;/h6-9,11,13,20H,10H2,1-5H3;1H. The van der Waals surface area contributed by atoms with Crippen LogP contribution in [0.2, 0.25) is 0 Å². The summed E-state index contributed by atoms with van der Waals surface area (Å²) in [7, 11) is 1.93. The molecule has 25 heavy (non-hydrogen) atoms. The zero-order valence-electron chi connectivity index (χ0n) is 15.3. The normalized spacial score (nSPS) is 12.0. The Hall–Kier alpha value is -2.11. The van der Waals surface area contributed by atoms with Gasteiger partial charge in [0.2, 0.25) is 0 Å². The quantitative estimate of drug-likeness (QED) is 0.746. The second-order valence-electron chi connectivity index (χ2n) is 6.37. The molecule has 6 heteroatoms. The van der Waals surface area contributed by atoms with Crippen LogP contribution in [0.5, 0.6) is 0 Å². The Kier molecular flexibility index (Phi) is 6.03. The molecule has 1 unspecified atom stereocenters. The minimum atomic E-state index is 0. The molecule has 5 nitrogen and oxygen atoms in total. The summed E-state index contributed by atoms with van der Waals surface area (Å²) in [6.45, 7) is 8.38. The van der Waals surface area contributed by atoms with Crippen molar-refractivity contribution in [1.29, 1.82) is 0 Å². The van der Waals surface area contributed by atoms with Crippen LogP contribution in [0.25, 0.3) is 17.1 Å². The van der Waals surface area contributed by atoms with Gasteiger partial charge in [-0.3, -0.25) is 0 Å². The third-order valence-electron chi connectivity index (χ3n) is 4.37. The first-order valence-electron chi connectivity index (χ1n) is 8.25. The van der Waals surface area contributed by atoms with Gasteiger partial charge in [0.15, 0.2) is 5.82 Å². The van der Waals surface area contributed by atoms with Crippen molar-refractivity contribution < 1.29 is 4.52 Å². The monoisotopic (exact) mass is 360 g/mol. The summed E-state index contributed by atoms with van der Waals surface area (Å²) >= 11 is 0. The van der Waals surface area contributed by atoms with Gasteiger partial charge in [-0.1, -0.05) is 17.3 Å². The van der Waals surface area contributed by atoms with Crippen LogP contribution in [0, 0.1) is 20.8 Å². The van der Waals surface area contributed by atoms with Crippen molar-refractivity contribution in [3.05, 3.63) is 53.1 Å². The zero-order valence-corrected chi connectivity index (χ0v) is 16.1. The molecule has 0 amide bonds. The maximum Gasteiger partial charge on any atom is 0.259 e. The van der Waals surface area contributed by atoms with Gasteiger partial charge < -0.3 is 14.4 Å². The summed E-state index contributed by atoms with van der Waals surface area (Å²) in [4.78, 5) is 4.56. The smallest absolute Gasteiger partial charge is 0.259 e. The van der Waals surface area contributed by atoms with Crippen LogP contribution in [0.3, 0.4) is 0 Å². The average Bonchev–Trinajstić information content (AvgIpc) is 3.11. The molecule has 2 heterocycles. The van der Waals surface area contributed by atoms with E-state index >= 15 is 0 Å². The third kappa shape index (κ3) is 3.94. The van der Waals surface area contributed by atoms with E-state index in [2.05, 4.69) is 78.1 Å². The van der Waals surface area contributed by atoms with Crippen LogP contribution in [-0.2, 0) is 6.42 Å². The van der Waals surface area contributed by atoms with E-state index in [1.807, 2.05) is 7.05 Å². The summed E-state index contributed by atoms with van der Waals surface area (Å²) in [5.74, 6) is 1.31. The van der Waals surface area contributed by atoms with Gasteiger partial charge in [-0.2, -0.15) is 4.98 Å². The van der Waals surface area contributed by atoms with E-state index in [1.165, 1.54) is 5.56 Å². The fourth-order valence-electron chi connectivity index (χ4n) is 2.97. The van der Waals surface area contributed by atoms with Crippen LogP contribution in [0.1, 0.15) is 29.7 Å². The largest absolute Gasteiger partial charge is 0.334 e. The van der Waals surface area contributed by atoms with E-state index < -0.39 is 0 Å². The van der Waals surface area contributed by atoms with Crippen molar-refractivity contribution in [1.82, 2.24) is 20.0 Å². The van der Waals surface area contributed by atoms with Gasteiger partial charge >= 0.3 is 0 Å². The maximum absolute atomic E-state index is 5.50. The number of likely N-dealkylation sites (N-methyl/N-ethyl adjacent to an activating group) is 1. The molecule has 0 spiro atoms. The summed E-state index contributed by atoms with van der Waals surface area (Å²) in [5.41, 5.74) is 5.64. The molecule has 0 aliphatic rings. The van der Waals surface area contributed by atoms with Crippen molar-refractivity contribution in [2.24, 2.45) is 0 Å². The van der Waals surface area contributed by atoms with Crippen molar-refractivity contribution in [3.8, 4) is 17.1 Å². The topological polar surface area (TPSA) is 55.9 Å². The van der Waals surface area contributed by atoms with Crippen LogP contribution in [0.4, 0.5) is 0 Å². The lowest BCUT2D eigenvalue weighted by Crippen LogP contribution is -2.24. The summed E-state index contributed by atoms with van der Waals surface area (Å²) < 4.78 is 7.73. The SMILES string of the molecule is CNC(C)Cc1noc(-c2cc(C)n(-c3cccc(C)c3)c2C)n1.Cl. The van der Waals surface area contributed by atoms with Gasteiger partial charge in [0.1, 0.15) is 0 Å². The Morgan fingerprint density at radius 2 is 1.96 bits per heavy atom. The minimum absolute atomic E-state index is 0. The van der Waals surface area contributed by atoms with Crippen LogP contribution in [0.15, 0.2) is 34.9 Å². The molecule has 1 atom stereocenters. The number of halogens is 1. The van der Waals surface area contributed by atoms with E-state index in [1.54, 1.807) is 0 Å². The van der Waals surface area contributed by atoms with E-state index in [-0.39, 0.29) is 12.4 Å². The number of hydrogen-bond donors (Lipinski definition) is 1. The van der Waals surface area contributed by atoms with Gasteiger partial charge in [0.25, 0.3) is 5.89 Å². The number of rotatable bonds is 5. The van der Waals surface area contributed by atoms with Crippen LogP contribution >= 0.6 is 12.4 Å². The van der Waals surface area contributed by atoms with Crippen LogP contribution in [-0.4, -0.2) is 27.8 Å². The number of aryl methyl sites for hydroxylation is 2. The minimum Gasteiger partial charge on any atom is -0.334 e. The summed E-state index contributed by atoms with van der Waals surface area (Å²) in [5, 5.41) is 7.30. The number of nitrogens with one attached hydrogen (secondary N) is 1. The first-order valence-corrected chi connectivity index (χ1v) is 8.25. The molecule has 0 aliphatic heterocycles. The van der Waals surface area contributed by atoms with Gasteiger partial charge in [0.05, 0.1) is 5.56 Å². The highest BCUT2D eigenvalue weighted by atomic mass is 35.5. The number of nitrogens with zero attached hydrogens (tertiary/aromatic N) is 3. The molecule has 0 fully saturated rings. The number of benzene rings is 1. The Balaban J connectivity index is 0.00000225. The Bertz CT molecular complexity index is 853. The first-order chi connectivity index (χ1) is 11.5. The fraction of sp³-hybridized carbons (Fsp3) is 0.368. The first kappa shape index (κ1) is 19.2. The molecule has 134 valence electrons. The van der Waals surface area contributed by atoms with E-state index in [0.29, 0.717) is 11.9 Å². The van der Waals surface area contributed by atoms with Gasteiger partial charge in [-0.25, -0.2) is 0 Å². The second-order valence-corrected chi connectivity index (χ2v) is 6.37. The number of hydrogen-bond acceptors (Lipinski definition) is 4. The molecule has 2 aromatic heterocycles. The molecule has 3 rings (SSSR count). The lowest BCUT2D eigenvalue weighted by Gasteiger charge is -2.10. The Morgan fingerprint density at radius 1 is 1.20 bits per heavy atom. The van der Waals surface area contributed by atoms with Gasteiger partial charge in [0, 0.05) is 29.5 Å². The van der Waals surface area contributed by atoms with E-state index in [9.17, 15) is 0 Å². The van der Waals surface area contributed by atoms with E-state index in [4.69, 9.17) is 4.52 Å². The highest BCUT2D eigenvalue weighted by Crippen LogP contribution is 2.28. The number of aromatic nitrogens is 3. The molecular formula is C19H25ClN4O. The highest BCUT2D eigenvalue weighted by Gasteiger charge is 2.18. The third-order valence-corrected chi connectivity index (χ3v) is 4.37. The fourth-order valence-corrected chi connectivity index (χ4v) is 2.97. The Labute approximate surface area is 154 Å². The van der Waals surface area contributed by atoms with E-state index in [0.717, 1.165) is 34.9 Å². The molecule has 0 bridgehead atoms. The Morgan fingerprint density at radius 3 is 2.64 bits per heavy atom. The molecule has 1 aromatic carbocycles. The van der Waals surface area contributed by atoms with Crippen molar-refractivity contribution >= 4 is 12.4 Å². The lowest BCUT2D eigenvalue weighted by molar-refractivity contribution is 0.418. The van der Waals surface area contributed by atoms with Crippen molar-refractivity contribution in [2.75, 3.05) is 7.05 Å². The van der Waals surface area contributed by atoms with Crippen molar-refractivity contribution in [2.45, 2.75) is 40.2 Å². The highest BCUT2D eigenvalue weighted by molar-refractivity contribution is 5.85. The maximum atomic E-state index is 5.50. The average molecular weight is 361 g/mol. The predicted octanol–water partition coefficient (Wildman–Crippen LogP) is 4.02. The zero-order chi connectivity index (χ0) is 17.3. The van der Waals surface area contributed by atoms with Gasteiger partial charge in [-0.05, 0) is 58.5 Å². The van der Waals surface area contributed by atoms with Gasteiger partial charge in [-0.15, -0.1) is 12.4 Å². The lowest BCUT2D eigenvalue weighted by atomic mass is 10.2.